The Kier molecular flexibility index (Phi) is 1.71. The van der Waals surface area contributed by atoms with Crippen LogP contribution >= 0.6 is 0 Å². The average Bonchev–Trinajstić information content (AvgIpc) is 2.15. The summed E-state index contributed by atoms with van der Waals surface area (Å²) in [6, 6.07) is 1.71. The fourth-order valence-corrected chi connectivity index (χ4v) is 0.672. The van der Waals surface area contributed by atoms with Crippen LogP contribution < -0.4 is 5.73 Å². The second-order valence-corrected chi connectivity index (χ2v) is 1.93. The van der Waals surface area contributed by atoms with Gasteiger partial charge in [0.2, 0.25) is 5.91 Å². The normalized spacial score (nSPS) is 9.70. The minimum atomic E-state index is -0.455. The molecule has 2 N–H and O–H groups in total. The number of primary amides is 1. The highest BCUT2D eigenvalue weighted by molar-refractivity contribution is 5.86. The third-order valence-corrected chi connectivity index (χ3v) is 1.15. The van der Waals surface area contributed by atoms with Gasteiger partial charge in [0.05, 0.1) is 12.1 Å². The molecule has 4 heteroatoms. The van der Waals surface area contributed by atoms with Crippen molar-refractivity contribution in [1.29, 1.82) is 0 Å². The summed E-state index contributed by atoms with van der Waals surface area (Å²) in [7, 11) is 1.74. The lowest BCUT2D eigenvalue weighted by atomic mass is 10.3. The third-order valence-electron chi connectivity index (χ3n) is 1.15. The molecular weight excluding hydrogens is 130 g/mol. The predicted molar refractivity (Wildman–Crippen MR) is 35.8 cm³/mol. The molecule has 0 aliphatic carbocycles. The van der Waals surface area contributed by atoms with E-state index >= 15 is 0 Å². The molecule has 53 valence electrons. The number of aromatic nitrogens is 2. The maximum atomic E-state index is 10.3. The minimum Gasteiger partial charge on any atom is -0.369 e. The first-order valence-corrected chi connectivity index (χ1v) is 2.82. The van der Waals surface area contributed by atoms with Crippen molar-refractivity contribution in [3.05, 3.63) is 24.4 Å². The summed E-state index contributed by atoms with van der Waals surface area (Å²) in [4.78, 5) is 10.3. The maximum absolute atomic E-state index is 10.3. The number of hydrogen-bond acceptors (Lipinski definition) is 2. The molecular formula is C6H8N3O. The van der Waals surface area contributed by atoms with Gasteiger partial charge in [0.25, 0.3) is 0 Å². The summed E-state index contributed by atoms with van der Waals surface area (Å²) >= 11 is 0. The zero-order valence-electron chi connectivity index (χ0n) is 5.61. The Hall–Kier alpha value is -1.32. The Morgan fingerprint density at radius 2 is 2.60 bits per heavy atom. The Labute approximate surface area is 58.6 Å². The fourth-order valence-electron chi connectivity index (χ4n) is 0.672. The van der Waals surface area contributed by atoms with Crippen LogP contribution in [0.25, 0.3) is 0 Å². The molecule has 1 amide bonds. The highest BCUT2D eigenvalue weighted by atomic mass is 16.1. The lowest BCUT2D eigenvalue weighted by Crippen LogP contribution is -2.13. The highest BCUT2D eigenvalue weighted by Gasteiger charge is 2.01. The predicted octanol–water partition coefficient (Wildman–Crippen LogP) is -0.542. The van der Waals surface area contributed by atoms with Crippen molar-refractivity contribution in [1.82, 2.24) is 9.78 Å². The van der Waals surface area contributed by atoms with Crippen LogP contribution in [0.2, 0.25) is 0 Å². The molecule has 0 bridgehead atoms. The monoisotopic (exact) mass is 138 g/mol. The summed E-state index contributed by atoms with van der Waals surface area (Å²) in [6.45, 7) is 0. The first-order chi connectivity index (χ1) is 4.70. The van der Waals surface area contributed by atoms with Crippen LogP contribution in [-0.4, -0.2) is 15.7 Å². The molecule has 4 nitrogen and oxygen atoms in total. The lowest BCUT2D eigenvalue weighted by molar-refractivity contribution is -0.114. The molecule has 1 aromatic rings. The molecule has 1 aromatic heterocycles. The Morgan fingerprint density at radius 1 is 1.90 bits per heavy atom. The highest BCUT2D eigenvalue weighted by Crippen LogP contribution is 1.97. The van der Waals surface area contributed by atoms with Crippen LogP contribution in [0.4, 0.5) is 0 Å². The van der Waals surface area contributed by atoms with Gasteiger partial charge in [-0.2, -0.15) is 5.10 Å². The van der Waals surface area contributed by atoms with Crippen LogP contribution in [0.15, 0.2) is 12.3 Å². The molecule has 0 unspecified atom stereocenters. The van der Waals surface area contributed by atoms with Gasteiger partial charge >= 0.3 is 0 Å². The van der Waals surface area contributed by atoms with Crippen molar-refractivity contribution in [2.24, 2.45) is 12.8 Å². The van der Waals surface area contributed by atoms with E-state index in [0.29, 0.717) is 5.69 Å². The van der Waals surface area contributed by atoms with E-state index in [1.165, 1.54) is 6.42 Å². The van der Waals surface area contributed by atoms with E-state index in [1.54, 1.807) is 24.0 Å². The van der Waals surface area contributed by atoms with Crippen molar-refractivity contribution >= 4 is 5.91 Å². The number of carbonyl (C=O) groups excluding carboxylic acids is 1. The molecule has 0 aromatic carbocycles. The lowest BCUT2D eigenvalue weighted by Gasteiger charge is -1.95. The van der Waals surface area contributed by atoms with Gasteiger partial charge in [-0.3, -0.25) is 9.48 Å². The number of aryl methyl sites for hydroxylation is 1. The van der Waals surface area contributed by atoms with Gasteiger partial charge in [-0.25, -0.2) is 0 Å². The minimum absolute atomic E-state index is 0.455. The average molecular weight is 138 g/mol. The number of hydrogen-bond donors (Lipinski definition) is 1. The molecule has 0 atom stereocenters. The number of nitrogens with two attached hydrogens (primary N) is 1. The van der Waals surface area contributed by atoms with Gasteiger partial charge in [-0.1, -0.05) is 0 Å². The molecule has 0 saturated heterocycles. The van der Waals surface area contributed by atoms with Crippen LogP contribution in [-0.2, 0) is 11.8 Å². The summed E-state index contributed by atoms with van der Waals surface area (Å²) in [5.41, 5.74) is 5.63. The molecule has 0 fully saturated rings. The topological polar surface area (TPSA) is 60.9 Å². The zero-order valence-corrected chi connectivity index (χ0v) is 5.61. The van der Waals surface area contributed by atoms with Gasteiger partial charge < -0.3 is 5.73 Å². The zero-order chi connectivity index (χ0) is 7.56. The van der Waals surface area contributed by atoms with Gasteiger partial charge in [-0.05, 0) is 6.07 Å². The molecule has 1 heterocycles. The SMILES string of the molecule is Cn1nccc1[CH]C(N)=O. The molecule has 10 heavy (non-hydrogen) atoms. The van der Waals surface area contributed by atoms with Crippen LogP contribution in [0, 0.1) is 6.42 Å². The smallest absolute Gasteiger partial charge is 0.227 e. The molecule has 0 saturated carbocycles. The van der Waals surface area contributed by atoms with Crippen LogP contribution in [0.5, 0.6) is 0 Å². The number of amides is 1. The number of nitrogens with zero attached hydrogens (tertiary/aromatic N) is 2. The van der Waals surface area contributed by atoms with E-state index < -0.39 is 5.91 Å². The quantitative estimate of drug-likeness (QED) is 0.596. The molecule has 0 spiro atoms. The van der Waals surface area contributed by atoms with Crippen molar-refractivity contribution in [2.45, 2.75) is 0 Å². The summed E-state index contributed by atoms with van der Waals surface area (Å²) in [5, 5.41) is 3.85. The first-order valence-electron chi connectivity index (χ1n) is 2.82. The largest absolute Gasteiger partial charge is 0.369 e. The second kappa shape index (κ2) is 2.51. The molecule has 0 aliphatic heterocycles. The Balaban J connectivity index is 2.74. The Bertz CT molecular complexity index is 241. The maximum Gasteiger partial charge on any atom is 0.227 e. The third kappa shape index (κ3) is 1.34. The summed E-state index contributed by atoms with van der Waals surface area (Å²) in [6.07, 6.45) is 2.93. The Morgan fingerprint density at radius 3 is 3.00 bits per heavy atom. The van der Waals surface area contributed by atoms with Gasteiger partial charge in [0.15, 0.2) is 0 Å². The standard InChI is InChI=1S/C6H8N3O/c1-9-5(2-3-8-9)4-6(7)10/h2-4H,1H3,(H2,7,10). The van der Waals surface area contributed by atoms with E-state index in [1.807, 2.05) is 0 Å². The van der Waals surface area contributed by atoms with Gasteiger partial charge in [-0.15, -0.1) is 0 Å². The summed E-state index contributed by atoms with van der Waals surface area (Å²) in [5.74, 6) is -0.455. The molecule has 0 aliphatic rings. The molecule has 1 radical (unpaired) electrons. The van der Waals surface area contributed by atoms with E-state index in [2.05, 4.69) is 5.10 Å². The van der Waals surface area contributed by atoms with Crippen molar-refractivity contribution in [2.75, 3.05) is 0 Å². The van der Waals surface area contributed by atoms with Crippen molar-refractivity contribution < 1.29 is 4.79 Å². The fraction of sp³-hybridized carbons (Fsp3) is 0.167. The molecule has 1 rings (SSSR count). The van der Waals surface area contributed by atoms with E-state index in [0.717, 1.165) is 0 Å². The van der Waals surface area contributed by atoms with E-state index in [-0.39, 0.29) is 0 Å². The van der Waals surface area contributed by atoms with Crippen LogP contribution in [0.1, 0.15) is 5.69 Å². The van der Waals surface area contributed by atoms with Crippen molar-refractivity contribution in [3.8, 4) is 0 Å². The van der Waals surface area contributed by atoms with Gasteiger partial charge in [0.1, 0.15) is 0 Å². The number of carbonyl (C=O) groups is 1. The summed E-state index contributed by atoms with van der Waals surface area (Å²) < 4.78 is 1.57. The first kappa shape index (κ1) is 6.80. The van der Waals surface area contributed by atoms with Crippen molar-refractivity contribution in [3.63, 3.8) is 0 Å². The van der Waals surface area contributed by atoms with Gasteiger partial charge in [0, 0.05) is 13.2 Å². The number of rotatable bonds is 2. The second-order valence-electron chi connectivity index (χ2n) is 1.93. The van der Waals surface area contributed by atoms with E-state index in [4.69, 9.17) is 5.73 Å². The van der Waals surface area contributed by atoms with E-state index in [9.17, 15) is 4.79 Å². The van der Waals surface area contributed by atoms with Crippen LogP contribution in [0.3, 0.4) is 0 Å².